The molecule has 2 aliphatic heterocycles. The van der Waals surface area contributed by atoms with Crippen LogP contribution in [0.1, 0.15) is 24.8 Å². The van der Waals surface area contributed by atoms with Crippen molar-refractivity contribution in [2.24, 2.45) is 5.92 Å². The molecule has 1 aromatic rings. The summed E-state index contributed by atoms with van der Waals surface area (Å²) < 4.78 is 40.3. The van der Waals surface area contributed by atoms with E-state index in [1.807, 2.05) is 0 Å². The van der Waals surface area contributed by atoms with Crippen LogP contribution in [0.15, 0.2) is 23.1 Å². The molecule has 1 spiro atoms. The maximum Gasteiger partial charge on any atom is 0.249 e. The fourth-order valence-corrected chi connectivity index (χ4v) is 4.88. The van der Waals surface area contributed by atoms with Gasteiger partial charge in [-0.15, -0.1) is 0 Å². The molecule has 0 unspecified atom stereocenters. The summed E-state index contributed by atoms with van der Waals surface area (Å²) in [6.45, 7) is 2.44. The second-order valence-electron chi connectivity index (χ2n) is 7.06. The number of carbonyl (C=O) groups is 1. The third-order valence-corrected chi connectivity index (χ3v) is 6.64. The van der Waals surface area contributed by atoms with Crippen LogP contribution in [-0.2, 0) is 19.7 Å². The van der Waals surface area contributed by atoms with E-state index < -0.39 is 21.4 Å². The summed E-state index contributed by atoms with van der Waals surface area (Å²) in [6.07, 6.45) is 2.39. The van der Waals surface area contributed by atoms with Gasteiger partial charge in [-0.25, -0.2) is 17.9 Å². The highest BCUT2D eigenvalue weighted by atomic mass is 32.2. The largest absolute Gasteiger partial charge is 0.272 e. The van der Waals surface area contributed by atoms with Crippen LogP contribution in [0.3, 0.4) is 0 Å². The van der Waals surface area contributed by atoms with Crippen LogP contribution in [0.2, 0.25) is 0 Å². The molecule has 0 atom stereocenters. The monoisotopic (exact) mass is 354 g/mol. The molecule has 4 rings (SSSR count). The molecule has 24 heavy (non-hydrogen) atoms. The Morgan fingerprint density at radius 1 is 1.33 bits per heavy atom. The first-order valence-corrected chi connectivity index (χ1v) is 9.49. The van der Waals surface area contributed by atoms with Crippen molar-refractivity contribution in [1.29, 1.82) is 0 Å². The molecule has 0 aromatic heterocycles. The molecule has 3 fully saturated rings. The van der Waals surface area contributed by atoms with E-state index >= 15 is 0 Å². The van der Waals surface area contributed by atoms with Gasteiger partial charge in [0.05, 0.1) is 13.0 Å². The number of hydroxylamine groups is 2. The molecule has 2 heterocycles. The van der Waals surface area contributed by atoms with Crippen molar-refractivity contribution in [2.75, 3.05) is 19.6 Å². The molecule has 1 aliphatic carbocycles. The molecule has 8 heteroatoms. The van der Waals surface area contributed by atoms with Crippen molar-refractivity contribution in [3.63, 3.8) is 0 Å². The molecule has 1 aromatic carbocycles. The van der Waals surface area contributed by atoms with E-state index in [-0.39, 0.29) is 30.3 Å². The van der Waals surface area contributed by atoms with Crippen LogP contribution in [0, 0.1) is 18.7 Å². The number of aryl methyl sites for hydroxylation is 1. The predicted molar refractivity (Wildman–Crippen MR) is 82.8 cm³/mol. The maximum absolute atomic E-state index is 14.0. The zero-order valence-corrected chi connectivity index (χ0v) is 14.2. The zero-order chi connectivity index (χ0) is 17.1. The predicted octanol–water partition coefficient (Wildman–Crippen LogP) is 1.45. The Kier molecular flexibility index (Phi) is 3.49. The van der Waals surface area contributed by atoms with Crippen molar-refractivity contribution in [2.45, 2.75) is 36.7 Å². The molecular formula is C16H19FN2O4S. The number of amides is 1. The highest BCUT2D eigenvalue weighted by Crippen LogP contribution is 2.41. The summed E-state index contributed by atoms with van der Waals surface area (Å²) in [4.78, 5) is 17.4. The summed E-state index contributed by atoms with van der Waals surface area (Å²) >= 11 is 0. The van der Waals surface area contributed by atoms with Crippen molar-refractivity contribution < 1.29 is 22.4 Å². The van der Waals surface area contributed by atoms with Gasteiger partial charge in [0.15, 0.2) is 0 Å². The van der Waals surface area contributed by atoms with Crippen LogP contribution < -0.4 is 0 Å². The number of carbonyl (C=O) groups excluding carboxylic acids is 1. The lowest BCUT2D eigenvalue weighted by Gasteiger charge is -2.44. The second-order valence-corrected chi connectivity index (χ2v) is 8.96. The molecule has 1 saturated carbocycles. The minimum atomic E-state index is -3.91. The van der Waals surface area contributed by atoms with E-state index in [0.717, 1.165) is 12.8 Å². The number of hydrogen-bond donors (Lipinski definition) is 0. The lowest BCUT2D eigenvalue weighted by molar-refractivity contribution is -0.225. The third-order valence-electron chi connectivity index (χ3n) is 4.81. The fraction of sp³-hybridized carbons (Fsp3) is 0.562. The summed E-state index contributed by atoms with van der Waals surface area (Å²) in [5.74, 6) is -0.346. The Balaban J connectivity index is 1.47. The molecule has 0 N–H and O–H groups in total. The molecule has 0 radical (unpaired) electrons. The summed E-state index contributed by atoms with van der Waals surface area (Å²) in [5, 5.41) is 1.38. The standard InChI is InChI=1S/C16H19FN2O4S/c1-11-2-5-14(13(17)6-11)24(21,22)18-9-16(10-18)7-15(20)19(23-16)8-12-3-4-12/h2,5-6,12H,3-4,7-10H2,1H3. The molecule has 130 valence electrons. The number of nitrogens with zero attached hydrogens (tertiary/aromatic N) is 2. The quantitative estimate of drug-likeness (QED) is 0.821. The van der Waals surface area contributed by atoms with E-state index in [1.165, 1.54) is 21.5 Å². The maximum atomic E-state index is 14.0. The van der Waals surface area contributed by atoms with Gasteiger partial charge in [0.1, 0.15) is 16.3 Å². The average Bonchev–Trinajstić information content (AvgIpc) is 3.20. The van der Waals surface area contributed by atoms with Crippen molar-refractivity contribution in [3.8, 4) is 0 Å². The van der Waals surface area contributed by atoms with Crippen LogP contribution in [0.25, 0.3) is 0 Å². The molecule has 2 saturated heterocycles. The van der Waals surface area contributed by atoms with E-state index in [9.17, 15) is 17.6 Å². The first kappa shape index (κ1) is 16.0. The molecular weight excluding hydrogens is 335 g/mol. The third kappa shape index (κ3) is 2.62. The summed E-state index contributed by atoms with van der Waals surface area (Å²) in [5.41, 5.74) is -0.118. The number of rotatable bonds is 4. The Morgan fingerprint density at radius 2 is 2.04 bits per heavy atom. The average molecular weight is 354 g/mol. The highest BCUT2D eigenvalue weighted by molar-refractivity contribution is 7.89. The topological polar surface area (TPSA) is 66.9 Å². The first-order chi connectivity index (χ1) is 11.3. The van der Waals surface area contributed by atoms with Gasteiger partial charge in [0.25, 0.3) is 0 Å². The van der Waals surface area contributed by atoms with Gasteiger partial charge in [-0.2, -0.15) is 4.31 Å². The van der Waals surface area contributed by atoms with Gasteiger partial charge in [-0.1, -0.05) is 6.07 Å². The van der Waals surface area contributed by atoms with E-state index in [2.05, 4.69) is 0 Å². The van der Waals surface area contributed by atoms with Gasteiger partial charge in [-0.05, 0) is 43.4 Å². The van der Waals surface area contributed by atoms with E-state index in [1.54, 1.807) is 13.0 Å². The van der Waals surface area contributed by atoms with Gasteiger partial charge >= 0.3 is 0 Å². The van der Waals surface area contributed by atoms with Gasteiger partial charge < -0.3 is 0 Å². The Hall–Kier alpha value is -1.51. The van der Waals surface area contributed by atoms with Crippen LogP contribution >= 0.6 is 0 Å². The van der Waals surface area contributed by atoms with Gasteiger partial charge in [0, 0.05) is 13.1 Å². The molecule has 6 nitrogen and oxygen atoms in total. The van der Waals surface area contributed by atoms with Gasteiger partial charge in [-0.3, -0.25) is 9.63 Å². The van der Waals surface area contributed by atoms with Crippen LogP contribution in [0.5, 0.6) is 0 Å². The summed E-state index contributed by atoms with van der Waals surface area (Å²) in [7, 11) is -3.91. The minimum Gasteiger partial charge on any atom is -0.272 e. The van der Waals surface area contributed by atoms with Crippen LogP contribution in [-0.4, -0.2) is 48.9 Å². The van der Waals surface area contributed by atoms with Crippen LogP contribution in [0.4, 0.5) is 4.39 Å². The fourth-order valence-electron chi connectivity index (χ4n) is 3.24. The van der Waals surface area contributed by atoms with Crippen molar-refractivity contribution >= 4 is 15.9 Å². The smallest absolute Gasteiger partial charge is 0.249 e. The minimum absolute atomic E-state index is 0.0789. The van der Waals surface area contributed by atoms with Crippen molar-refractivity contribution in [3.05, 3.63) is 29.6 Å². The second kappa shape index (κ2) is 5.24. The van der Waals surface area contributed by atoms with Crippen molar-refractivity contribution in [1.82, 2.24) is 9.37 Å². The SMILES string of the molecule is Cc1ccc(S(=O)(=O)N2CC3(CC(=O)N(CC4CC4)O3)C2)c(F)c1. The molecule has 0 bridgehead atoms. The Labute approximate surface area is 140 Å². The molecule has 3 aliphatic rings. The lowest BCUT2D eigenvalue weighted by atomic mass is 9.94. The van der Waals surface area contributed by atoms with Gasteiger partial charge in [0.2, 0.25) is 15.9 Å². The Morgan fingerprint density at radius 3 is 2.67 bits per heavy atom. The number of hydrogen-bond acceptors (Lipinski definition) is 4. The van der Waals surface area contributed by atoms with E-state index in [4.69, 9.17) is 4.84 Å². The van der Waals surface area contributed by atoms with E-state index in [0.29, 0.717) is 18.0 Å². The molecule has 1 amide bonds. The Bertz CT molecular complexity index is 800. The number of benzene rings is 1. The normalized spacial score (nSPS) is 23.8. The lowest BCUT2D eigenvalue weighted by Crippen LogP contribution is -2.63. The number of sulfonamides is 1. The zero-order valence-electron chi connectivity index (χ0n) is 13.4. The number of halogens is 1. The highest BCUT2D eigenvalue weighted by Gasteiger charge is 2.57. The summed E-state index contributed by atoms with van der Waals surface area (Å²) in [6, 6.07) is 4.05. The first-order valence-electron chi connectivity index (χ1n) is 8.05.